The molecule has 4 heteroatoms. The monoisotopic (exact) mass is 299 g/mol. The molecule has 0 aromatic heterocycles. The van der Waals surface area contributed by atoms with Crippen LogP contribution in [0, 0.1) is 0 Å². The molecule has 0 spiro atoms. The van der Waals surface area contributed by atoms with Gasteiger partial charge in [0.25, 0.3) is 0 Å². The number of benzene rings is 2. The van der Waals surface area contributed by atoms with Crippen molar-refractivity contribution in [1.82, 2.24) is 0 Å². The van der Waals surface area contributed by atoms with Gasteiger partial charge in [-0.3, -0.25) is 0 Å². The second-order valence-corrected chi connectivity index (χ2v) is 4.78. The molecule has 0 radical (unpaired) electrons. The first-order chi connectivity index (χ1) is 10.7. The summed E-state index contributed by atoms with van der Waals surface area (Å²) in [6, 6.07) is 13.2. The maximum Gasteiger partial charge on any atom is 0.164 e. The van der Waals surface area contributed by atoms with Gasteiger partial charge in [0.05, 0.1) is 20.3 Å². The van der Waals surface area contributed by atoms with Gasteiger partial charge < -0.3 is 19.9 Å². The van der Waals surface area contributed by atoms with E-state index in [-0.39, 0.29) is 6.04 Å². The van der Waals surface area contributed by atoms with Crippen LogP contribution in [0.4, 0.5) is 0 Å². The van der Waals surface area contributed by atoms with Crippen molar-refractivity contribution in [2.45, 2.75) is 12.6 Å². The Morgan fingerprint density at radius 1 is 1.05 bits per heavy atom. The lowest BCUT2D eigenvalue weighted by atomic mass is 10.1. The molecule has 22 heavy (non-hydrogen) atoms. The fourth-order valence-electron chi connectivity index (χ4n) is 2.12. The van der Waals surface area contributed by atoms with Gasteiger partial charge in [-0.1, -0.05) is 36.4 Å². The molecular weight excluding hydrogens is 278 g/mol. The van der Waals surface area contributed by atoms with Crippen molar-refractivity contribution in [3.8, 4) is 17.2 Å². The molecule has 0 aliphatic heterocycles. The van der Waals surface area contributed by atoms with Gasteiger partial charge in [0, 0.05) is 11.6 Å². The van der Waals surface area contributed by atoms with Crippen LogP contribution in [0.25, 0.3) is 0 Å². The summed E-state index contributed by atoms with van der Waals surface area (Å²) in [6.07, 6.45) is 1.66. The fourth-order valence-corrected chi connectivity index (χ4v) is 2.12. The van der Waals surface area contributed by atoms with Gasteiger partial charge in [-0.25, -0.2) is 0 Å². The number of hydrogen-bond acceptors (Lipinski definition) is 4. The molecule has 2 aromatic rings. The summed E-state index contributed by atoms with van der Waals surface area (Å²) in [6.45, 7) is 4.19. The van der Waals surface area contributed by atoms with Crippen molar-refractivity contribution < 1.29 is 14.2 Å². The van der Waals surface area contributed by atoms with Crippen molar-refractivity contribution in [1.29, 1.82) is 0 Å². The minimum Gasteiger partial charge on any atom is -0.493 e. The third-order valence-electron chi connectivity index (χ3n) is 3.37. The van der Waals surface area contributed by atoms with E-state index in [0.29, 0.717) is 23.9 Å². The van der Waals surface area contributed by atoms with E-state index in [1.54, 1.807) is 26.4 Å². The van der Waals surface area contributed by atoms with Crippen LogP contribution in [-0.4, -0.2) is 14.2 Å². The Balaban J connectivity index is 2.32. The van der Waals surface area contributed by atoms with Gasteiger partial charge >= 0.3 is 0 Å². The summed E-state index contributed by atoms with van der Waals surface area (Å²) >= 11 is 0. The Labute approximate surface area is 131 Å². The highest BCUT2D eigenvalue weighted by molar-refractivity contribution is 5.52. The van der Waals surface area contributed by atoms with Crippen LogP contribution in [0.3, 0.4) is 0 Å². The minimum atomic E-state index is -0.342. The van der Waals surface area contributed by atoms with E-state index in [1.807, 2.05) is 36.4 Å². The van der Waals surface area contributed by atoms with E-state index in [4.69, 9.17) is 19.9 Å². The molecule has 0 bridgehead atoms. The van der Waals surface area contributed by atoms with Gasteiger partial charge in [-0.05, 0) is 11.6 Å². The molecule has 2 aromatic carbocycles. The SMILES string of the molecule is C=C[C@@H](N)c1cc(OC)c(OC)cc1OCc1ccccc1. The molecule has 4 nitrogen and oxygen atoms in total. The molecule has 2 N–H and O–H groups in total. The molecule has 0 fully saturated rings. The summed E-state index contributed by atoms with van der Waals surface area (Å²) in [7, 11) is 3.18. The zero-order valence-corrected chi connectivity index (χ0v) is 12.9. The number of nitrogens with two attached hydrogens (primary N) is 1. The topological polar surface area (TPSA) is 53.7 Å². The summed E-state index contributed by atoms with van der Waals surface area (Å²) in [4.78, 5) is 0. The normalized spacial score (nSPS) is 11.6. The first kappa shape index (κ1) is 15.9. The molecule has 0 unspecified atom stereocenters. The molecule has 2 rings (SSSR count). The van der Waals surface area contributed by atoms with Crippen molar-refractivity contribution in [2.75, 3.05) is 14.2 Å². The number of methoxy groups -OCH3 is 2. The summed E-state index contributed by atoms with van der Waals surface area (Å²) in [5.74, 6) is 1.88. The Hall–Kier alpha value is -2.46. The van der Waals surface area contributed by atoms with Gasteiger partial charge in [0.15, 0.2) is 11.5 Å². The van der Waals surface area contributed by atoms with Gasteiger partial charge in [-0.15, -0.1) is 6.58 Å². The number of ether oxygens (including phenoxy) is 3. The lowest BCUT2D eigenvalue weighted by Gasteiger charge is -2.18. The van der Waals surface area contributed by atoms with Gasteiger partial charge in [0.1, 0.15) is 12.4 Å². The largest absolute Gasteiger partial charge is 0.493 e. The summed E-state index contributed by atoms with van der Waals surface area (Å²) in [5.41, 5.74) is 7.97. The predicted molar refractivity (Wildman–Crippen MR) is 87.4 cm³/mol. The number of hydrogen-bond donors (Lipinski definition) is 1. The maximum absolute atomic E-state index is 6.08. The first-order valence-corrected chi connectivity index (χ1v) is 7.00. The zero-order chi connectivity index (χ0) is 15.9. The van der Waals surface area contributed by atoms with Crippen LogP contribution < -0.4 is 19.9 Å². The second kappa shape index (κ2) is 7.52. The second-order valence-electron chi connectivity index (χ2n) is 4.78. The molecular formula is C18H21NO3. The Morgan fingerprint density at radius 2 is 1.68 bits per heavy atom. The van der Waals surface area contributed by atoms with Gasteiger partial charge in [-0.2, -0.15) is 0 Å². The molecule has 116 valence electrons. The highest BCUT2D eigenvalue weighted by Gasteiger charge is 2.16. The van der Waals surface area contributed by atoms with E-state index in [1.165, 1.54) is 0 Å². The predicted octanol–water partition coefficient (Wildman–Crippen LogP) is 3.47. The molecule has 0 heterocycles. The average Bonchev–Trinajstić information content (AvgIpc) is 2.59. The van der Waals surface area contributed by atoms with E-state index < -0.39 is 0 Å². The fraction of sp³-hybridized carbons (Fsp3) is 0.222. The number of rotatable bonds is 7. The Kier molecular flexibility index (Phi) is 5.44. The summed E-state index contributed by atoms with van der Waals surface area (Å²) < 4.78 is 16.6. The van der Waals surface area contributed by atoms with Crippen LogP contribution in [0.5, 0.6) is 17.2 Å². The van der Waals surface area contributed by atoms with E-state index in [2.05, 4.69) is 6.58 Å². The van der Waals surface area contributed by atoms with Gasteiger partial charge in [0.2, 0.25) is 0 Å². The van der Waals surface area contributed by atoms with Crippen LogP contribution in [-0.2, 0) is 6.61 Å². The van der Waals surface area contributed by atoms with Crippen LogP contribution in [0.1, 0.15) is 17.2 Å². The average molecular weight is 299 g/mol. The molecule has 0 saturated carbocycles. The molecule has 0 aliphatic carbocycles. The smallest absolute Gasteiger partial charge is 0.164 e. The van der Waals surface area contributed by atoms with E-state index in [9.17, 15) is 0 Å². The lowest BCUT2D eigenvalue weighted by molar-refractivity contribution is 0.296. The Morgan fingerprint density at radius 3 is 2.27 bits per heavy atom. The summed E-state index contributed by atoms with van der Waals surface area (Å²) in [5, 5.41) is 0. The van der Waals surface area contributed by atoms with Crippen LogP contribution >= 0.6 is 0 Å². The highest BCUT2D eigenvalue weighted by Crippen LogP contribution is 2.37. The quantitative estimate of drug-likeness (QED) is 0.795. The zero-order valence-electron chi connectivity index (χ0n) is 12.9. The minimum absolute atomic E-state index is 0.342. The van der Waals surface area contributed by atoms with Crippen molar-refractivity contribution in [3.63, 3.8) is 0 Å². The molecule has 0 saturated heterocycles. The van der Waals surface area contributed by atoms with Crippen LogP contribution in [0.2, 0.25) is 0 Å². The van der Waals surface area contributed by atoms with E-state index >= 15 is 0 Å². The highest BCUT2D eigenvalue weighted by atomic mass is 16.5. The van der Waals surface area contributed by atoms with E-state index in [0.717, 1.165) is 11.1 Å². The third kappa shape index (κ3) is 3.59. The molecule has 1 atom stereocenters. The third-order valence-corrected chi connectivity index (χ3v) is 3.37. The standard InChI is InChI=1S/C18H21NO3/c1-4-15(19)14-10-17(20-2)18(21-3)11-16(14)22-12-13-8-6-5-7-9-13/h4-11,15H,1,12,19H2,2-3H3/t15-/m1/s1. The van der Waals surface area contributed by atoms with Crippen molar-refractivity contribution >= 4 is 0 Å². The Bertz CT molecular complexity index is 626. The van der Waals surface area contributed by atoms with Crippen molar-refractivity contribution in [3.05, 3.63) is 66.2 Å². The first-order valence-electron chi connectivity index (χ1n) is 7.00. The molecule has 0 aliphatic rings. The maximum atomic E-state index is 6.08. The molecule has 0 amide bonds. The van der Waals surface area contributed by atoms with Crippen LogP contribution in [0.15, 0.2) is 55.1 Å². The lowest BCUT2D eigenvalue weighted by Crippen LogP contribution is -2.10. The van der Waals surface area contributed by atoms with Crippen molar-refractivity contribution in [2.24, 2.45) is 5.73 Å².